The van der Waals surface area contributed by atoms with E-state index >= 15 is 0 Å². The van der Waals surface area contributed by atoms with E-state index in [1.165, 1.54) is 17.7 Å². The topological polar surface area (TPSA) is 29.5 Å². The van der Waals surface area contributed by atoms with Crippen LogP contribution in [0.25, 0.3) is 0 Å². The van der Waals surface area contributed by atoms with Gasteiger partial charge in [0.2, 0.25) is 0 Å². The third-order valence-corrected chi connectivity index (χ3v) is 4.59. The molecule has 0 aromatic carbocycles. The number of carbonyl (C=O) groups is 1. The van der Waals surface area contributed by atoms with Crippen LogP contribution in [-0.2, 0) is 16.1 Å². The molecule has 1 atom stereocenters. The second kappa shape index (κ2) is 5.51. The highest BCUT2D eigenvalue weighted by molar-refractivity contribution is 7.09. The molecule has 1 aliphatic carbocycles. The number of hydrogen-bond donors (Lipinski definition) is 0. The van der Waals surface area contributed by atoms with E-state index in [1.54, 1.807) is 11.3 Å². The first-order valence-electron chi connectivity index (χ1n) is 6.70. The number of nitrogens with zero attached hydrogens (tertiary/aromatic N) is 1. The molecule has 0 spiro atoms. The molecule has 0 bridgehead atoms. The van der Waals surface area contributed by atoms with E-state index in [-0.39, 0.29) is 5.92 Å². The first-order chi connectivity index (χ1) is 8.83. The van der Waals surface area contributed by atoms with Gasteiger partial charge in [-0.25, -0.2) is 0 Å². The average Bonchev–Trinajstić information content (AvgIpc) is 3.10. The highest BCUT2D eigenvalue weighted by Gasteiger charge is 2.33. The predicted molar refractivity (Wildman–Crippen MR) is 71.7 cm³/mol. The van der Waals surface area contributed by atoms with Crippen LogP contribution < -0.4 is 0 Å². The van der Waals surface area contributed by atoms with E-state index in [0.29, 0.717) is 31.5 Å². The molecule has 4 heteroatoms. The number of carbonyl (C=O) groups excluding carboxylic acids is 1. The van der Waals surface area contributed by atoms with Crippen LogP contribution in [0, 0.1) is 5.92 Å². The van der Waals surface area contributed by atoms with Gasteiger partial charge in [0, 0.05) is 30.4 Å². The van der Waals surface area contributed by atoms with Crippen molar-refractivity contribution >= 4 is 17.1 Å². The van der Waals surface area contributed by atoms with Gasteiger partial charge in [-0.05, 0) is 24.3 Å². The Morgan fingerprint density at radius 1 is 1.44 bits per heavy atom. The van der Waals surface area contributed by atoms with E-state index in [1.807, 2.05) is 0 Å². The lowest BCUT2D eigenvalue weighted by Gasteiger charge is -2.28. The van der Waals surface area contributed by atoms with E-state index in [9.17, 15) is 4.79 Å². The summed E-state index contributed by atoms with van der Waals surface area (Å²) >= 11 is 1.80. The number of Topliss-reactive ketones (excluding diaryl/α,β-unsaturated/α-hetero) is 1. The third-order valence-electron chi connectivity index (χ3n) is 3.72. The lowest BCUT2D eigenvalue weighted by Crippen LogP contribution is -2.39. The Hall–Kier alpha value is -0.710. The molecule has 0 N–H and O–H groups in total. The fourth-order valence-electron chi connectivity index (χ4n) is 2.52. The van der Waals surface area contributed by atoms with Crippen LogP contribution in [0.4, 0.5) is 0 Å². The number of ketones is 1. The SMILES string of the molecule is O=C1CCOCC1CN(Cc1cccs1)C1CC1. The van der Waals surface area contributed by atoms with Crippen LogP contribution in [0.1, 0.15) is 24.1 Å². The molecule has 2 heterocycles. The fraction of sp³-hybridized carbons (Fsp3) is 0.643. The van der Waals surface area contributed by atoms with Gasteiger partial charge in [-0.2, -0.15) is 0 Å². The van der Waals surface area contributed by atoms with Gasteiger partial charge in [-0.15, -0.1) is 11.3 Å². The van der Waals surface area contributed by atoms with Gasteiger partial charge in [-0.3, -0.25) is 9.69 Å². The van der Waals surface area contributed by atoms with E-state index < -0.39 is 0 Å². The highest BCUT2D eigenvalue weighted by atomic mass is 32.1. The van der Waals surface area contributed by atoms with Crippen molar-refractivity contribution in [2.75, 3.05) is 19.8 Å². The lowest BCUT2D eigenvalue weighted by atomic mass is 10.00. The summed E-state index contributed by atoms with van der Waals surface area (Å²) in [5, 5.41) is 2.12. The van der Waals surface area contributed by atoms with Crippen molar-refractivity contribution in [1.82, 2.24) is 4.90 Å². The summed E-state index contributed by atoms with van der Waals surface area (Å²) < 4.78 is 5.44. The molecule has 1 aromatic rings. The number of thiophene rings is 1. The first-order valence-corrected chi connectivity index (χ1v) is 7.58. The maximum absolute atomic E-state index is 11.9. The van der Waals surface area contributed by atoms with Crippen LogP contribution in [0.15, 0.2) is 17.5 Å². The molecule has 1 aromatic heterocycles. The highest BCUT2D eigenvalue weighted by Crippen LogP contribution is 2.30. The Bertz CT molecular complexity index is 400. The third kappa shape index (κ3) is 2.99. The molecule has 2 aliphatic rings. The summed E-state index contributed by atoms with van der Waals surface area (Å²) in [6.45, 7) is 3.10. The largest absolute Gasteiger partial charge is 0.380 e. The molecular weight excluding hydrogens is 246 g/mol. The van der Waals surface area contributed by atoms with Gasteiger partial charge in [0.25, 0.3) is 0 Å². The predicted octanol–water partition coefficient (Wildman–Crippen LogP) is 2.32. The number of hydrogen-bond acceptors (Lipinski definition) is 4. The Morgan fingerprint density at radius 2 is 2.33 bits per heavy atom. The molecule has 1 aliphatic heterocycles. The molecule has 3 nitrogen and oxygen atoms in total. The van der Waals surface area contributed by atoms with Crippen molar-refractivity contribution in [2.45, 2.75) is 31.8 Å². The van der Waals surface area contributed by atoms with Crippen molar-refractivity contribution < 1.29 is 9.53 Å². The maximum Gasteiger partial charge on any atom is 0.141 e. The number of rotatable bonds is 5. The van der Waals surface area contributed by atoms with Gasteiger partial charge in [-0.1, -0.05) is 6.07 Å². The summed E-state index contributed by atoms with van der Waals surface area (Å²) in [7, 11) is 0. The van der Waals surface area contributed by atoms with Gasteiger partial charge in [0.15, 0.2) is 0 Å². The number of ether oxygens (including phenoxy) is 1. The second-order valence-corrected chi connectivity index (χ2v) is 6.26. The first kappa shape index (κ1) is 12.3. The van der Waals surface area contributed by atoms with E-state index in [0.717, 1.165) is 13.1 Å². The summed E-state index contributed by atoms with van der Waals surface area (Å²) in [5.74, 6) is 0.484. The van der Waals surface area contributed by atoms with Gasteiger partial charge in [0.1, 0.15) is 5.78 Å². The Balaban J connectivity index is 1.61. The smallest absolute Gasteiger partial charge is 0.141 e. The lowest BCUT2D eigenvalue weighted by molar-refractivity contribution is -0.131. The van der Waals surface area contributed by atoms with Gasteiger partial charge >= 0.3 is 0 Å². The molecule has 2 fully saturated rings. The minimum Gasteiger partial charge on any atom is -0.380 e. The van der Waals surface area contributed by atoms with Gasteiger partial charge < -0.3 is 4.74 Å². The maximum atomic E-state index is 11.9. The molecule has 18 heavy (non-hydrogen) atoms. The fourth-order valence-corrected chi connectivity index (χ4v) is 3.25. The molecule has 1 saturated carbocycles. The quantitative estimate of drug-likeness (QED) is 0.818. The summed E-state index contributed by atoms with van der Waals surface area (Å²) in [6.07, 6.45) is 3.17. The average molecular weight is 265 g/mol. The van der Waals surface area contributed by atoms with Crippen molar-refractivity contribution in [1.29, 1.82) is 0 Å². The molecule has 1 saturated heterocycles. The normalized spacial score (nSPS) is 24.7. The van der Waals surface area contributed by atoms with Crippen LogP contribution in [0.2, 0.25) is 0 Å². The summed E-state index contributed by atoms with van der Waals surface area (Å²) in [4.78, 5) is 15.7. The minimum atomic E-state index is 0.0966. The Kier molecular flexibility index (Phi) is 3.77. The Labute approximate surface area is 112 Å². The zero-order valence-corrected chi connectivity index (χ0v) is 11.3. The zero-order chi connectivity index (χ0) is 12.4. The summed E-state index contributed by atoms with van der Waals surface area (Å²) in [6, 6.07) is 4.97. The minimum absolute atomic E-state index is 0.0966. The molecule has 98 valence electrons. The monoisotopic (exact) mass is 265 g/mol. The molecule has 1 unspecified atom stereocenters. The summed E-state index contributed by atoms with van der Waals surface area (Å²) in [5.41, 5.74) is 0. The Morgan fingerprint density at radius 3 is 3.00 bits per heavy atom. The van der Waals surface area contributed by atoms with Crippen LogP contribution in [-0.4, -0.2) is 36.5 Å². The van der Waals surface area contributed by atoms with Crippen LogP contribution in [0.5, 0.6) is 0 Å². The van der Waals surface area contributed by atoms with E-state index in [2.05, 4.69) is 22.4 Å². The van der Waals surface area contributed by atoms with Crippen molar-refractivity contribution in [2.24, 2.45) is 5.92 Å². The molecule has 3 rings (SSSR count). The van der Waals surface area contributed by atoms with Crippen LogP contribution in [0.3, 0.4) is 0 Å². The standard InChI is InChI=1S/C14H19NO2S/c16-14-5-6-17-10-11(14)8-15(12-3-4-12)9-13-2-1-7-18-13/h1-2,7,11-12H,3-6,8-10H2. The van der Waals surface area contributed by atoms with Gasteiger partial charge in [0.05, 0.1) is 19.1 Å². The van der Waals surface area contributed by atoms with Crippen molar-refractivity contribution in [3.05, 3.63) is 22.4 Å². The zero-order valence-electron chi connectivity index (χ0n) is 10.5. The molecular formula is C14H19NO2S. The van der Waals surface area contributed by atoms with Crippen molar-refractivity contribution in [3.8, 4) is 0 Å². The molecule has 0 radical (unpaired) electrons. The van der Waals surface area contributed by atoms with Crippen LogP contribution >= 0.6 is 11.3 Å². The van der Waals surface area contributed by atoms with E-state index in [4.69, 9.17) is 4.74 Å². The second-order valence-electron chi connectivity index (χ2n) is 5.23. The molecule has 0 amide bonds. The van der Waals surface area contributed by atoms with Crippen molar-refractivity contribution in [3.63, 3.8) is 0 Å².